The Hall–Kier alpha value is -2.22. The first-order chi connectivity index (χ1) is 7.90. The number of aromatic amines is 2. The van der Waals surface area contributed by atoms with Crippen molar-refractivity contribution in [1.82, 2.24) is 9.97 Å². The molecule has 0 saturated carbocycles. The van der Waals surface area contributed by atoms with Gasteiger partial charge in [-0.3, -0.25) is 0 Å². The zero-order valence-electron chi connectivity index (χ0n) is 8.77. The van der Waals surface area contributed by atoms with E-state index < -0.39 is 0 Å². The number of H-pyrrole nitrogens is 2. The molecule has 3 aromatic heterocycles. The average Bonchev–Trinajstić information content (AvgIpc) is 2.88. The van der Waals surface area contributed by atoms with Crippen LogP contribution in [0, 0.1) is 0 Å². The van der Waals surface area contributed by atoms with E-state index in [1.165, 1.54) is 0 Å². The Morgan fingerprint density at radius 1 is 0.438 bits per heavy atom. The standard InChI is InChI=1S/C14H12N2/c1-3-11-7-9-13(15-11)5-2-6-14-10-8-12(4-1)16-14/h1-10,15-16H. The summed E-state index contributed by atoms with van der Waals surface area (Å²) in [6, 6.07) is 20.6. The van der Waals surface area contributed by atoms with Gasteiger partial charge in [0.25, 0.3) is 0 Å². The third-order valence-electron chi connectivity index (χ3n) is 2.57. The van der Waals surface area contributed by atoms with Gasteiger partial charge in [0.1, 0.15) is 0 Å². The molecule has 2 N–H and O–H groups in total. The Bertz CT molecular complexity index is 563. The summed E-state index contributed by atoms with van der Waals surface area (Å²) in [6.07, 6.45) is 0. The van der Waals surface area contributed by atoms with Crippen LogP contribution < -0.4 is 0 Å². The lowest BCUT2D eigenvalue weighted by atomic mass is 10.4. The Morgan fingerprint density at radius 2 is 0.750 bits per heavy atom. The molecular formula is C14H12N2. The Labute approximate surface area is 93.3 Å². The summed E-state index contributed by atoms with van der Waals surface area (Å²) in [5.74, 6) is 0. The first kappa shape index (κ1) is 9.04. The molecule has 78 valence electrons. The van der Waals surface area contributed by atoms with Gasteiger partial charge in [0.2, 0.25) is 0 Å². The van der Waals surface area contributed by atoms with Crippen LogP contribution in [0.3, 0.4) is 0 Å². The molecule has 16 heavy (non-hydrogen) atoms. The number of fused-ring (bicyclic) bond motifs is 4. The van der Waals surface area contributed by atoms with Crippen molar-refractivity contribution in [1.29, 1.82) is 0 Å². The molecule has 0 spiro atoms. The van der Waals surface area contributed by atoms with E-state index in [4.69, 9.17) is 0 Å². The number of hydrogen-bond donors (Lipinski definition) is 2. The first-order valence-corrected chi connectivity index (χ1v) is 5.31. The van der Waals surface area contributed by atoms with Gasteiger partial charge >= 0.3 is 0 Å². The lowest BCUT2D eigenvalue weighted by Gasteiger charge is -1.80. The van der Waals surface area contributed by atoms with Gasteiger partial charge in [-0.15, -0.1) is 0 Å². The largest absolute Gasteiger partial charge is 0.356 e. The van der Waals surface area contributed by atoms with Crippen LogP contribution in [-0.2, 0) is 0 Å². The molecule has 0 unspecified atom stereocenters. The van der Waals surface area contributed by atoms with Gasteiger partial charge < -0.3 is 9.97 Å². The highest BCUT2D eigenvalue weighted by molar-refractivity contribution is 5.61. The predicted molar refractivity (Wildman–Crippen MR) is 67.8 cm³/mol. The highest BCUT2D eigenvalue weighted by Crippen LogP contribution is 2.06. The minimum Gasteiger partial charge on any atom is -0.356 e. The Kier molecular flexibility index (Phi) is 2.11. The van der Waals surface area contributed by atoms with E-state index in [1.807, 2.05) is 12.1 Å². The summed E-state index contributed by atoms with van der Waals surface area (Å²) >= 11 is 0. The lowest BCUT2D eigenvalue weighted by molar-refractivity contribution is 1.52. The fourth-order valence-electron chi connectivity index (χ4n) is 1.76. The van der Waals surface area contributed by atoms with Crippen molar-refractivity contribution in [3.63, 3.8) is 0 Å². The topological polar surface area (TPSA) is 31.6 Å². The number of aromatic nitrogens is 2. The van der Waals surface area contributed by atoms with Gasteiger partial charge in [-0.1, -0.05) is 12.1 Å². The highest BCUT2D eigenvalue weighted by Gasteiger charge is 1.85. The van der Waals surface area contributed by atoms with Crippen LogP contribution in [0.15, 0.2) is 60.7 Å². The molecule has 3 rings (SSSR count). The SMILES string of the molecule is c1cc2ccc(cccc3ccc(c1)[nH]3)[nH]2. The van der Waals surface area contributed by atoms with E-state index in [9.17, 15) is 0 Å². The molecule has 0 fully saturated rings. The van der Waals surface area contributed by atoms with Crippen LogP contribution >= 0.6 is 0 Å². The van der Waals surface area contributed by atoms with Crippen molar-refractivity contribution in [2.24, 2.45) is 0 Å². The summed E-state index contributed by atoms with van der Waals surface area (Å²) in [5, 5.41) is 0. The maximum atomic E-state index is 3.31. The van der Waals surface area contributed by atoms with E-state index in [1.54, 1.807) is 0 Å². The molecule has 0 aromatic carbocycles. The van der Waals surface area contributed by atoms with Crippen LogP contribution in [0.4, 0.5) is 0 Å². The molecule has 0 aliphatic rings. The third-order valence-corrected chi connectivity index (χ3v) is 2.57. The van der Waals surface area contributed by atoms with Crippen molar-refractivity contribution in [3.05, 3.63) is 60.7 Å². The molecule has 3 aromatic rings. The van der Waals surface area contributed by atoms with Crippen molar-refractivity contribution in [2.45, 2.75) is 0 Å². The van der Waals surface area contributed by atoms with E-state index >= 15 is 0 Å². The van der Waals surface area contributed by atoms with Crippen molar-refractivity contribution in [3.8, 4) is 0 Å². The molecule has 0 aliphatic heterocycles. The van der Waals surface area contributed by atoms with Crippen LogP contribution in [0.25, 0.3) is 22.1 Å². The third kappa shape index (κ3) is 1.77. The summed E-state index contributed by atoms with van der Waals surface area (Å²) in [6.45, 7) is 0. The number of hydrogen-bond acceptors (Lipinski definition) is 0. The van der Waals surface area contributed by atoms with Crippen LogP contribution in [0.5, 0.6) is 0 Å². The fraction of sp³-hybridized carbons (Fsp3) is 0. The molecule has 0 atom stereocenters. The minimum atomic E-state index is 1.11. The lowest BCUT2D eigenvalue weighted by Crippen LogP contribution is -1.63. The molecule has 0 saturated heterocycles. The normalized spacial score (nSPS) is 10.5. The molecule has 2 nitrogen and oxygen atoms in total. The minimum absolute atomic E-state index is 1.11. The molecule has 0 amide bonds. The Balaban J connectivity index is 2.35. The zero-order valence-corrected chi connectivity index (χ0v) is 8.77. The van der Waals surface area contributed by atoms with Crippen LogP contribution in [0.1, 0.15) is 0 Å². The second-order valence-corrected chi connectivity index (χ2v) is 3.79. The number of rotatable bonds is 0. The second kappa shape index (κ2) is 3.74. The van der Waals surface area contributed by atoms with Crippen molar-refractivity contribution in [2.75, 3.05) is 0 Å². The quantitative estimate of drug-likeness (QED) is 0.563. The molecule has 2 heteroatoms. The van der Waals surface area contributed by atoms with Crippen molar-refractivity contribution < 1.29 is 0 Å². The average molecular weight is 208 g/mol. The second-order valence-electron chi connectivity index (χ2n) is 3.79. The number of nitrogens with one attached hydrogen (secondary N) is 2. The molecule has 3 heterocycles. The van der Waals surface area contributed by atoms with Gasteiger partial charge in [0, 0.05) is 22.1 Å². The van der Waals surface area contributed by atoms with E-state index in [2.05, 4.69) is 58.5 Å². The van der Waals surface area contributed by atoms with Crippen molar-refractivity contribution >= 4 is 22.1 Å². The van der Waals surface area contributed by atoms with Gasteiger partial charge in [0.05, 0.1) is 0 Å². The molecule has 0 radical (unpaired) electrons. The monoisotopic (exact) mass is 208 g/mol. The van der Waals surface area contributed by atoms with E-state index in [-0.39, 0.29) is 0 Å². The molecule has 4 bridgehead atoms. The summed E-state index contributed by atoms with van der Waals surface area (Å²) in [7, 11) is 0. The summed E-state index contributed by atoms with van der Waals surface area (Å²) in [4.78, 5) is 6.62. The van der Waals surface area contributed by atoms with Crippen LogP contribution in [-0.4, -0.2) is 9.97 Å². The first-order valence-electron chi connectivity index (χ1n) is 5.31. The van der Waals surface area contributed by atoms with Gasteiger partial charge in [-0.25, -0.2) is 0 Å². The Morgan fingerprint density at radius 3 is 1.06 bits per heavy atom. The zero-order chi connectivity index (χ0) is 10.8. The van der Waals surface area contributed by atoms with E-state index in [0.717, 1.165) is 22.1 Å². The van der Waals surface area contributed by atoms with Gasteiger partial charge in [-0.2, -0.15) is 0 Å². The van der Waals surface area contributed by atoms with E-state index in [0.29, 0.717) is 0 Å². The predicted octanol–water partition coefficient (Wildman–Crippen LogP) is 3.77. The smallest absolute Gasteiger partial charge is 0.0384 e. The highest BCUT2D eigenvalue weighted by atomic mass is 14.7. The fourth-order valence-corrected chi connectivity index (χ4v) is 1.76. The summed E-state index contributed by atoms with van der Waals surface area (Å²) in [5.41, 5.74) is 4.46. The van der Waals surface area contributed by atoms with Gasteiger partial charge in [-0.05, 0) is 48.5 Å². The maximum Gasteiger partial charge on any atom is 0.0384 e. The summed E-state index contributed by atoms with van der Waals surface area (Å²) < 4.78 is 0. The van der Waals surface area contributed by atoms with Gasteiger partial charge in [0.15, 0.2) is 0 Å². The molecular weight excluding hydrogens is 196 g/mol. The van der Waals surface area contributed by atoms with Crippen LogP contribution in [0.2, 0.25) is 0 Å². The maximum absolute atomic E-state index is 3.31. The molecule has 0 aliphatic carbocycles.